The lowest BCUT2D eigenvalue weighted by molar-refractivity contribution is 0.165. The summed E-state index contributed by atoms with van der Waals surface area (Å²) >= 11 is 5.16. The van der Waals surface area contributed by atoms with Crippen LogP contribution < -0.4 is 5.32 Å². The number of nitrogens with one attached hydrogen (secondary N) is 1. The maximum Gasteiger partial charge on any atom is 0.108 e. The van der Waals surface area contributed by atoms with Crippen molar-refractivity contribution >= 4 is 39.7 Å². The Kier molecular flexibility index (Phi) is 5.49. The molecule has 1 aliphatic heterocycles. The molecule has 1 fully saturated rings. The van der Waals surface area contributed by atoms with E-state index in [9.17, 15) is 0 Å². The molecule has 0 aliphatic carbocycles. The average Bonchev–Trinajstić information content (AvgIpc) is 2.56. The van der Waals surface area contributed by atoms with Crippen molar-refractivity contribution in [1.29, 1.82) is 0 Å². The third kappa shape index (κ3) is 3.67. The van der Waals surface area contributed by atoms with Crippen LogP contribution in [0.15, 0.2) is 9.98 Å². The number of aromatic nitrogens is 1. The second-order valence-corrected chi connectivity index (χ2v) is 6.08. The van der Waals surface area contributed by atoms with E-state index in [0.29, 0.717) is 6.04 Å². The van der Waals surface area contributed by atoms with Crippen LogP contribution in [0.3, 0.4) is 0 Å². The van der Waals surface area contributed by atoms with E-state index < -0.39 is 0 Å². The Morgan fingerprint density at radius 3 is 3.13 bits per heavy atom. The summed E-state index contributed by atoms with van der Waals surface area (Å²) < 4.78 is 1.12. The van der Waals surface area contributed by atoms with Crippen LogP contribution >= 0.6 is 39.7 Å². The van der Waals surface area contributed by atoms with E-state index in [0.717, 1.165) is 30.0 Å². The summed E-state index contributed by atoms with van der Waals surface area (Å²) in [5, 5.41) is 4.59. The molecule has 0 aromatic carbocycles. The fourth-order valence-electron chi connectivity index (χ4n) is 1.65. The first-order valence-electron chi connectivity index (χ1n) is 4.80. The largest absolute Gasteiger partial charge is 0.314 e. The molecule has 1 atom stereocenters. The van der Waals surface area contributed by atoms with Crippen LogP contribution in [-0.2, 0) is 6.54 Å². The van der Waals surface area contributed by atoms with Gasteiger partial charge in [0.2, 0.25) is 0 Å². The highest BCUT2D eigenvalue weighted by Crippen LogP contribution is 2.21. The number of thiazole rings is 1. The van der Waals surface area contributed by atoms with Gasteiger partial charge in [0.05, 0.1) is 16.5 Å². The summed E-state index contributed by atoms with van der Waals surface area (Å²) in [5.41, 5.74) is 0. The lowest BCUT2D eigenvalue weighted by Gasteiger charge is -2.33. The molecule has 1 N–H and O–H groups in total. The summed E-state index contributed by atoms with van der Waals surface area (Å²) in [6.45, 7) is 6.55. The van der Waals surface area contributed by atoms with Crippen LogP contribution in [0, 0.1) is 0 Å². The molecule has 1 aromatic heterocycles. The van der Waals surface area contributed by atoms with Gasteiger partial charge in [0.25, 0.3) is 0 Å². The van der Waals surface area contributed by atoms with E-state index in [2.05, 4.69) is 38.1 Å². The van der Waals surface area contributed by atoms with Crippen LogP contribution in [0.25, 0.3) is 0 Å². The minimum atomic E-state index is 0. The van der Waals surface area contributed by atoms with Gasteiger partial charge in [-0.25, -0.2) is 4.98 Å². The van der Waals surface area contributed by atoms with E-state index in [-0.39, 0.29) is 12.4 Å². The summed E-state index contributed by atoms with van der Waals surface area (Å²) in [6, 6.07) is 0.617. The summed E-state index contributed by atoms with van der Waals surface area (Å²) in [6.07, 6.45) is 1.88. The van der Waals surface area contributed by atoms with Gasteiger partial charge in [-0.1, -0.05) is 0 Å². The first kappa shape index (κ1) is 13.4. The lowest BCUT2D eigenvalue weighted by Crippen LogP contribution is -2.49. The van der Waals surface area contributed by atoms with E-state index >= 15 is 0 Å². The molecule has 6 heteroatoms. The number of rotatable bonds is 2. The first-order chi connectivity index (χ1) is 6.75. The highest BCUT2D eigenvalue weighted by molar-refractivity contribution is 9.11. The molecule has 2 heterocycles. The van der Waals surface area contributed by atoms with Crippen LogP contribution in [-0.4, -0.2) is 35.6 Å². The first-order valence-corrected chi connectivity index (χ1v) is 6.41. The molecule has 2 rings (SSSR count). The lowest BCUT2D eigenvalue weighted by atomic mass is 10.2. The van der Waals surface area contributed by atoms with Gasteiger partial charge >= 0.3 is 0 Å². The molecule has 0 spiro atoms. The Bertz CT molecular complexity index is 307. The van der Waals surface area contributed by atoms with Gasteiger partial charge in [-0.05, 0) is 22.9 Å². The minimum absolute atomic E-state index is 0. The number of halogens is 2. The van der Waals surface area contributed by atoms with Crippen molar-refractivity contribution in [2.24, 2.45) is 0 Å². The van der Waals surface area contributed by atoms with E-state index in [1.165, 1.54) is 5.01 Å². The molecule has 0 saturated carbocycles. The van der Waals surface area contributed by atoms with Crippen molar-refractivity contribution in [3.8, 4) is 0 Å². The van der Waals surface area contributed by atoms with Gasteiger partial charge in [-0.3, -0.25) is 4.90 Å². The van der Waals surface area contributed by atoms with Gasteiger partial charge in [-0.2, -0.15) is 0 Å². The van der Waals surface area contributed by atoms with Crippen molar-refractivity contribution in [2.75, 3.05) is 19.6 Å². The monoisotopic (exact) mass is 311 g/mol. The van der Waals surface area contributed by atoms with E-state index in [1.54, 1.807) is 11.3 Å². The summed E-state index contributed by atoms with van der Waals surface area (Å²) in [5.74, 6) is 0. The highest BCUT2D eigenvalue weighted by Gasteiger charge is 2.18. The molecule has 0 unspecified atom stereocenters. The van der Waals surface area contributed by atoms with Gasteiger partial charge in [-0.15, -0.1) is 23.7 Å². The van der Waals surface area contributed by atoms with Crippen molar-refractivity contribution in [1.82, 2.24) is 15.2 Å². The Morgan fingerprint density at radius 2 is 2.53 bits per heavy atom. The SMILES string of the molecule is C[C@H]1CNCCN1Cc1ncc(Br)s1.Cl. The second-order valence-electron chi connectivity index (χ2n) is 3.58. The minimum Gasteiger partial charge on any atom is -0.314 e. The Labute approximate surface area is 109 Å². The third-order valence-corrected chi connectivity index (χ3v) is 3.96. The highest BCUT2D eigenvalue weighted by atomic mass is 79.9. The predicted octanol–water partition coefficient (Wildman–Crippen LogP) is 2.12. The van der Waals surface area contributed by atoms with Gasteiger partial charge < -0.3 is 5.32 Å². The Hall–Kier alpha value is 0.320. The summed E-state index contributed by atoms with van der Waals surface area (Å²) in [4.78, 5) is 6.83. The predicted molar refractivity (Wildman–Crippen MR) is 69.8 cm³/mol. The quantitative estimate of drug-likeness (QED) is 0.907. The van der Waals surface area contributed by atoms with Crippen LogP contribution in [0.1, 0.15) is 11.9 Å². The van der Waals surface area contributed by atoms with Crippen molar-refractivity contribution in [2.45, 2.75) is 19.5 Å². The van der Waals surface area contributed by atoms with Crippen LogP contribution in [0.2, 0.25) is 0 Å². The van der Waals surface area contributed by atoms with E-state index in [4.69, 9.17) is 0 Å². The number of hydrogen-bond donors (Lipinski definition) is 1. The molecule has 1 aromatic rings. The average molecular weight is 313 g/mol. The normalized spacial score (nSPS) is 22.4. The van der Waals surface area contributed by atoms with Crippen molar-refractivity contribution in [3.05, 3.63) is 15.0 Å². The Morgan fingerprint density at radius 1 is 1.73 bits per heavy atom. The topological polar surface area (TPSA) is 28.2 Å². The molecule has 1 saturated heterocycles. The zero-order valence-corrected chi connectivity index (χ0v) is 11.8. The molecule has 1 aliphatic rings. The molecule has 0 bridgehead atoms. The fraction of sp³-hybridized carbons (Fsp3) is 0.667. The molecule has 15 heavy (non-hydrogen) atoms. The van der Waals surface area contributed by atoms with Crippen LogP contribution in [0.4, 0.5) is 0 Å². The maximum absolute atomic E-state index is 4.35. The standard InChI is InChI=1S/C9H14BrN3S.ClH/c1-7-4-11-2-3-13(7)6-9-12-5-8(10)14-9;/h5,7,11H,2-4,6H2,1H3;1H/t7-;/m0./s1. The zero-order valence-electron chi connectivity index (χ0n) is 8.57. The third-order valence-electron chi connectivity index (χ3n) is 2.50. The molecule has 0 radical (unpaired) electrons. The molecular weight excluding hydrogens is 298 g/mol. The van der Waals surface area contributed by atoms with Crippen molar-refractivity contribution < 1.29 is 0 Å². The van der Waals surface area contributed by atoms with Crippen molar-refractivity contribution in [3.63, 3.8) is 0 Å². The smallest absolute Gasteiger partial charge is 0.108 e. The molecule has 86 valence electrons. The second kappa shape index (κ2) is 6.15. The van der Waals surface area contributed by atoms with Gasteiger partial charge in [0.1, 0.15) is 5.01 Å². The summed E-state index contributed by atoms with van der Waals surface area (Å²) in [7, 11) is 0. The van der Waals surface area contributed by atoms with Gasteiger partial charge in [0.15, 0.2) is 0 Å². The van der Waals surface area contributed by atoms with Crippen LogP contribution in [0.5, 0.6) is 0 Å². The Balaban J connectivity index is 0.00000112. The maximum atomic E-state index is 4.35. The number of nitrogens with zero attached hydrogens (tertiary/aromatic N) is 2. The van der Waals surface area contributed by atoms with Gasteiger partial charge in [0, 0.05) is 25.7 Å². The molecular formula is C9H15BrClN3S. The van der Waals surface area contributed by atoms with E-state index in [1.807, 2.05) is 6.20 Å². The molecule has 0 amide bonds. The molecule has 3 nitrogen and oxygen atoms in total. The zero-order chi connectivity index (χ0) is 9.97. The fourth-order valence-corrected chi connectivity index (χ4v) is 2.98. The number of hydrogen-bond acceptors (Lipinski definition) is 4. The number of piperazine rings is 1.